The summed E-state index contributed by atoms with van der Waals surface area (Å²) in [5.74, 6) is -0.802. The number of phenolic OH excluding ortho intramolecular Hbond substituents is 1. The van der Waals surface area contributed by atoms with E-state index < -0.39 is 17.7 Å². The van der Waals surface area contributed by atoms with E-state index in [0.717, 1.165) is 25.7 Å². The number of aliphatic hydroxyl groups excluding tert-OH is 1. The number of amides is 1. The molecule has 1 heterocycles. The van der Waals surface area contributed by atoms with E-state index in [0.29, 0.717) is 23.5 Å². The van der Waals surface area contributed by atoms with E-state index in [-0.39, 0.29) is 23.1 Å². The van der Waals surface area contributed by atoms with E-state index >= 15 is 0 Å². The Bertz CT molecular complexity index is 989. The fourth-order valence-electron chi connectivity index (χ4n) is 4.45. The van der Waals surface area contributed by atoms with Gasteiger partial charge in [0, 0.05) is 11.6 Å². The van der Waals surface area contributed by atoms with Crippen LogP contribution >= 0.6 is 0 Å². The second-order valence-corrected chi connectivity index (χ2v) is 7.70. The topological polar surface area (TPSA) is 87.1 Å². The zero-order chi connectivity index (χ0) is 21.3. The molecule has 0 bridgehead atoms. The van der Waals surface area contributed by atoms with Gasteiger partial charge in [0.25, 0.3) is 11.7 Å². The summed E-state index contributed by atoms with van der Waals surface area (Å²) in [6, 6.07) is 12.6. The summed E-state index contributed by atoms with van der Waals surface area (Å²) in [5.41, 5.74) is 1.18. The first-order chi connectivity index (χ1) is 14.5. The van der Waals surface area contributed by atoms with Crippen molar-refractivity contribution in [3.05, 3.63) is 65.2 Å². The maximum atomic E-state index is 13.1. The lowest BCUT2D eigenvalue weighted by Gasteiger charge is -2.30. The number of likely N-dealkylation sites (tertiary alicyclic amines) is 1. The highest BCUT2D eigenvalue weighted by atomic mass is 16.5. The molecule has 1 atom stereocenters. The van der Waals surface area contributed by atoms with E-state index in [2.05, 4.69) is 0 Å². The maximum Gasteiger partial charge on any atom is 0.295 e. The predicted molar refractivity (Wildman–Crippen MR) is 112 cm³/mol. The number of ketones is 1. The van der Waals surface area contributed by atoms with Gasteiger partial charge in [-0.05, 0) is 49.6 Å². The smallest absolute Gasteiger partial charge is 0.295 e. The minimum absolute atomic E-state index is 0.0414. The van der Waals surface area contributed by atoms with Crippen LogP contribution in [0.25, 0.3) is 5.76 Å². The fraction of sp³-hybridized carbons (Fsp3) is 0.333. The molecule has 2 fully saturated rings. The Morgan fingerprint density at radius 2 is 1.80 bits per heavy atom. The molecule has 2 N–H and O–H groups in total. The molecule has 0 aromatic heterocycles. The molecule has 6 heteroatoms. The first-order valence-corrected chi connectivity index (χ1v) is 10.3. The SMILES string of the molecule is CCOc1cccc(/C(O)=C2/C(=O)C(=O)N(C3CCCC3)C2c2ccc(O)cc2)c1. The van der Waals surface area contributed by atoms with E-state index in [9.17, 15) is 19.8 Å². The van der Waals surface area contributed by atoms with Gasteiger partial charge in [0.2, 0.25) is 0 Å². The number of carbonyl (C=O) groups excluding carboxylic acids is 2. The molecule has 2 aromatic rings. The van der Waals surface area contributed by atoms with Crippen LogP contribution in [0.2, 0.25) is 0 Å². The van der Waals surface area contributed by atoms with E-state index in [1.165, 1.54) is 12.1 Å². The van der Waals surface area contributed by atoms with Crippen LogP contribution in [0.1, 0.15) is 49.8 Å². The quantitative estimate of drug-likeness (QED) is 0.442. The third-order valence-corrected chi connectivity index (χ3v) is 5.83. The fourth-order valence-corrected chi connectivity index (χ4v) is 4.45. The van der Waals surface area contributed by atoms with Gasteiger partial charge in [0.05, 0.1) is 18.2 Å². The Labute approximate surface area is 175 Å². The van der Waals surface area contributed by atoms with Crippen LogP contribution in [0.4, 0.5) is 0 Å². The van der Waals surface area contributed by atoms with Crippen molar-refractivity contribution in [1.82, 2.24) is 4.90 Å². The van der Waals surface area contributed by atoms with Crippen LogP contribution in [-0.4, -0.2) is 39.5 Å². The molecular weight excluding hydrogens is 382 g/mol. The van der Waals surface area contributed by atoms with Gasteiger partial charge < -0.3 is 19.8 Å². The Morgan fingerprint density at radius 1 is 1.10 bits per heavy atom. The van der Waals surface area contributed by atoms with Crippen LogP contribution in [0.5, 0.6) is 11.5 Å². The van der Waals surface area contributed by atoms with Crippen LogP contribution in [-0.2, 0) is 9.59 Å². The minimum Gasteiger partial charge on any atom is -0.508 e. The first-order valence-electron chi connectivity index (χ1n) is 10.3. The number of nitrogens with zero attached hydrogens (tertiary/aromatic N) is 1. The lowest BCUT2D eigenvalue weighted by molar-refractivity contribution is -0.141. The Hall–Kier alpha value is -3.28. The molecule has 1 aliphatic carbocycles. The highest BCUT2D eigenvalue weighted by molar-refractivity contribution is 6.46. The highest BCUT2D eigenvalue weighted by Crippen LogP contribution is 2.43. The van der Waals surface area contributed by atoms with Crippen LogP contribution < -0.4 is 4.74 Å². The zero-order valence-electron chi connectivity index (χ0n) is 16.9. The lowest BCUT2D eigenvalue weighted by Crippen LogP contribution is -2.37. The number of benzene rings is 2. The van der Waals surface area contributed by atoms with Crippen LogP contribution in [0.3, 0.4) is 0 Å². The van der Waals surface area contributed by atoms with Gasteiger partial charge in [-0.2, -0.15) is 0 Å². The molecule has 30 heavy (non-hydrogen) atoms. The number of aromatic hydroxyl groups is 1. The number of Topliss-reactive ketones (excluding diaryl/α,β-unsaturated/α-hetero) is 1. The highest BCUT2D eigenvalue weighted by Gasteiger charge is 2.49. The molecule has 1 amide bonds. The number of carbonyl (C=O) groups is 2. The summed E-state index contributed by atoms with van der Waals surface area (Å²) in [6.07, 6.45) is 3.68. The molecule has 0 radical (unpaired) electrons. The largest absolute Gasteiger partial charge is 0.508 e. The van der Waals surface area contributed by atoms with Crippen molar-refractivity contribution >= 4 is 17.4 Å². The van der Waals surface area contributed by atoms with E-state index in [4.69, 9.17) is 4.74 Å². The Balaban J connectivity index is 1.85. The summed E-state index contributed by atoms with van der Waals surface area (Å²) in [4.78, 5) is 27.7. The van der Waals surface area contributed by atoms with E-state index in [1.54, 1.807) is 41.3 Å². The van der Waals surface area contributed by atoms with Gasteiger partial charge in [0.1, 0.15) is 17.3 Å². The third kappa shape index (κ3) is 3.54. The lowest BCUT2D eigenvalue weighted by atomic mass is 9.94. The molecule has 1 saturated heterocycles. The average molecular weight is 407 g/mol. The van der Waals surface area contributed by atoms with Crippen LogP contribution in [0.15, 0.2) is 54.1 Å². The molecular formula is C24H25NO5. The van der Waals surface area contributed by atoms with Crippen molar-refractivity contribution in [1.29, 1.82) is 0 Å². The van der Waals surface area contributed by atoms with E-state index in [1.807, 2.05) is 6.92 Å². The molecule has 156 valence electrons. The molecule has 2 aromatic carbocycles. The number of ether oxygens (including phenoxy) is 1. The summed E-state index contributed by atoms with van der Waals surface area (Å²) in [5, 5.41) is 20.8. The molecule has 1 aliphatic heterocycles. The molecule has 4 rings (SSSR count). The summed E-state index contributed by atoms with van der Waals surface area (Å²) >= 11 is 0. The average Bonchev–Trinajstić information content (AvgIpc) is 3.36. The van der Waals surface area contributed by atoms with Crippen molar-refractivity contribution in [3.8, 4) is 11.5 Å². The van der Waals surface area contributed by atoms with Crippen molar-refractivity contribution in [3.63, 3.8) is 0 Å². The molecule has 6 nitrogen and oxygen atoms in total. The monoisotopic (exact) mass is 407 g/mol. The number of phenols is 1. The molecule has 1 unspecified atom stereocenters. The van der Waals surface area contributed by atoms with Gasteiger partial charge in [0.15, 0.2) is 0 Å². The van der Waals surface area contributed by atoms with Gasteiger partial charge in [-0.3, -0.25) is 9.59 Å². The molecule has 2 aliphatic rings. The Morgan fingerprint density at radius 3 is 2.47 bits per heavy atom. The predicted octanol–water partition coefficient (Wildman–Crippen LogP) is 4.16. The number of aliphatic hydroxyl groups is 1. The summed E-state index contributed by atoms with van der Waals surface area (Å²) in [6.45, 7) is 2.34. The Kier molecular flexibility index (Phi) is 5.48. The molecule has 0 spiro atoms. The van der Waals surface area contributed by atoms with Crippen molar-refractivity contribution in [2.45, 2.75) is 44.7 Å². The van der Waals surface area contributed by atoms with Crippen molar-refractivity contribution in [2.75, 3.05) is 6.61 Å². The third-order valence-electron chi connectivity index (χ3n) is 5.83. The van der Waals surface area contributed by atoms with Crippen LogP contribution in [0, 0.1) is 0 Å². The van der Waals surface area contributed by atoms with Gasteiger partial charge in [-0.25, -0.2) is 0 Å². The maximum absolute atomic E-state index is 13.1. The number of hydrogen-bond donors (Lipinski definition) is 2. The second-order valence-electron chi connectivity index (χ2n) is 7.70. The van der Waals surface area contributed by atoms with Gasteiger partial charge >= 0.3 is 0 Å². The number of hydrogen-bond acceptors (Lipinski definition) is 5. The summed E-state index contributed by atoms with van der Waals surface area (Å²) < 4.78 is 5.51. The first kappa shape index (κ1) is 20.0. The van der Waals surface area contributed by atoms with Gasteiger partial charge in [-0.1, -0.05) is 37.1 Å². The van der Waals surface area contributed by atoms with Gasteiger partial charge in [-0.15, -0.1) is 0 Å². The standard InChI is InChI=1S/C24H25NO5/c1-2-30-19-9-5-6-16(14-19)22(27)20-21(15-10-12-18(26)13-11-15)25(24(29)23(20)28)17-7-3-4-8-17/h5-6,9-14,17,21,26-27H,2-4,7-8H2,1H3/b22-20-. The minimum atomic E-state index is -0.690. The normalized spacial score (nSPS) is 21.4. The summed E-state index contributed by atoms with van der Waals surface area (Å²) in [7, 11) is 0. The second kappa shape index (κ2) is 8.22. The molecule has 1 saturated carbocycles. The van der Waals surface area contributed by atoms with Crippen molar-refractivity contribution < 1.29 is 24.5 Å². The van der Waals surface area contributed by atoms with Crippen molar-refractivity contribution in [2.24, 2.45) is 0 Å². The number of rotatable bonds is 5. The zero-order valence-corrected chi connectivity index (χ0v) is 16.9.